The molecule has 4 rings (SSSR count). The van der Waals surface area contributed by atoms with Crippen molar-refractivity contribution in [3.8, 4) is 0 Å². The van der Waals surface area contributed by atoms with Crippen LogP contribution < -0.4 is 11.1 Å². The molecule has 10 heteroatoms. The predicted molar refractivity (Wildman–Crippen MR) is 118 cm³/mol. The Morgan fingerprint density at radius 1 is 0.733 bits per heavy atom. The Morgan fingerprint density at radius 2 is 1.20 bits per heavy atom. The molecule has 4 heterocycles. The number of aromatic nitrogens is 4. The lowest BCUT2D eigenvalue weighted by Crippen LogP contribution is -2.41. The molecule has 2 fully saturated rings. The highest BCUT2D eigenvalue weighted by molar-refractivity contribution is 6.62. The lowest BCUT2D eigenvalue weighted by molar-refractivity contribution is 0.00578. The van der Waals surface area contributed by atoms with Crippen LogP contribution in [0.2, 0.25) is 0 Å². The topological polar surface area (TPSA) is 72.6 Å². The molecule has 0 unspecified atom stereocenters. The summed E-state index contributed by atoms with van der Waals surface area (Å²) in [5.74, 6) is 0. The molecule has 0 N–H and O–H groups in total. The van der Waals surface area contributed by atoms with Gasteiger partial charge in [-0.2, -0.15) is 10.2 Å². The third-order valence-corrected chi connectivity index (χ3v) is 6.60. The van der Waals surface area contributed by atoms with Crippen LogP contribution in [0.4, 0.5) is 0 Å². The molecule has 2 aliphatic rings. The van der Waals surface area contributed by atoms with Gasteiger partial charge in [0.25, 0.3) is 0 Å². The highest BCUT2D eigenvalue weighted by Crippen LogP contribution is 2.37. The van der Waals surface area contributed by atoms with Gasteiger partial charge in [0.05, 0.1) is 28.0 Å². The third-order valence-electron chi connectivity index (χ3n) is 6.60. The molecule has 2 aliphatic heterocycles. The lowest BCUT2D eigenvalue weighted by atomic mass is 9.82. The second-order valence-corrected chi connectivity index (χ2v) is 10.0. The van der Waals surface area contributed by atoms with Gasteiger partial charge in [0.2, 0.25) is 0 Å². The molecule has 0 spiro atoms. The highest BCUT2D eigenvalue weighted by atomic mass is 16.7. The molecule has 0 amide bonds. The maximum Gasteiger partial charge on any atom is 0.514 e. The van der Waals surface area contributed by atoms with Gasteiger partial charge in [0.15, 0.2) is 0 Å². The van der Waals surface area contributed by atoms with Crippen molar-refractivity contribution in [3.05, 3.63) is 24.7 Å². The molecule has 0 bridgehead atoms. The Morgan fingerprint density at radius 3 is 1.57 bits per heavy atom. The Kier molecular flexibility index (Phi) is 5.77. The normalized spacial score (nSPS) is 23.4. The standard InChI is InChI=1S/2C10H17BN2O2/c1-9(2)10(3,4)15-11(14-9)8-6-12-13(5)7-8;1-9(2)10(3,4)15-11(14-9)8-6-7-12-13(8)5/h2*6-7H,1-5H3. The monoisotopic (exact) mass is 416 g/mol. The van der Waals surface area contributed by atoms with Crippen LogP contribution in [0, 0.1) is 0 Å². The van der Waals surface area contributed by atoms with Crippen molar-refractivity contribution in [3.63, 3.8) is 0 Å². The zero-order valence-electron chi connectivity index (χ0n) is 19.9. The molecule has 0 aliphatic carbocycles. The molecule has 2 saturated heterocycles. The summed E-state index contributed by atoms with van der Waals surface area (Å²) in [5, 5.41) is 8.23. The van der Waals surface area contributed by atoms with Crippen molar-refractivity contribution in [1.29, 1.82) is 0 Å². The zero-order chi connectivity index (χ0) is 22.5. The first-order valence-corrected chi connectivity index (χ1v) is 10.3. The largest absolute Gasteiger partial charge is 0.514 e. The fraction of sp³-hybridized carbons (Fsp3) is 0.700. The van der Waals surface area contributed by atoms with E-state index in [1.165, 1.54) is 0 Å². The summed E-state index contributed by atoms with van der Waals surface area (Å²) >= 11 is 0. The summed E-state index contributed by atoms with van der Waals surface area (Å²) in [6.07, 6.45) is 5.45. The van der Waals surface area contributed by atoms with E-state index in [-0.39, 0.29) is 36.6 Å². The van der Waals surface area contributed by atoms with E-state index in [0.29, 0.717) is 0 Å². The van der Waals surface area contributed by atoms with Gasteiger partial charge >= 0.3 is 14.2 Å². The van der Waals surface area contributed by atoms with Crippen LogP contribution in [0.25, 0.3) is 0 Å². The van der Waals surface area contributed by atoms with Crippen LogP contribution in [-0.2, 0) is 32.7 Å². The highest BCUT2D eigenvalue weighted by Gasteiger charge is 2.53. The summed E-state index contributed by atoms with van der Waals surface area (Å²) < 4.78 is 27.1. The van der Waals surface area contributed by atoms with Gasteiger partial charge in [0, 0.05) is 38.1 Å². The van der Waals surface area contributed by atoms with Crippen LogP contribution in [0.5, 0.6) is 0 Å². The number of rotatable bonds is 2. The SMILES string of the molecule is Cn1cc(B2OC(C)(C)C(C)(C)O2)cn1.Cn1nccc1B1OC(C)(C)C(C)(C)O1. The van der Waals surface area contributed by atoms with Crippen molar-refractivity contribution in [1.82, 2.24) is 19.6 Å². The molecule has 164 valence electrons. The van der Waals surface area contributed by atoms with E-state index in [1.54, 1.807) is 21.8 Å². The van der Waals surface area contributed by atoms with Crippen molar-refractivity contribution in [2.75, 3.05) is 0 Å². The summed E-state index contributed by atoms with van der Waals surface area (Å²) in [5.41, 5.74) is 0.773. The van der Waals surface area contributed by atoms with Crippen LogP contribution in [0.15, 0.2) is 24.7 Å². The van der Waals surface area contributed by atoms with Crippen molar-refractivity contribution in [2.24, 2.45) is 14.1 Å². The first kappa shape index (κ1) is 23.1. The van der Waals surface area contributed by atoms with E-state index in [2.05, 4.69) is 10.2 Å². The molecule has 30 heavy (non-hydrogen) atoms. The van der Waals surface area contributed by atoms with E-state index in [0.717, 1.165) is 11.1 Å². The van der Waals surface area contributed by atoms with Crippen LogP contribution in [0.3, 0.4) is 0 Å². The Bertz CT molecular complexity index is 859. The van der Waals surface area contributed by atoms with Gasteiger partial charge in [-0.15, -0.1) is 0 Å². The second kappa shape index (κ2) is 7.51. The van der Waals surface area contributed by atoms with E-state index >= 15 is 0 Å². The summed E-state index contributed by atoms with van der Waals surface area (Å²) in [7, 11) is 3.15. The molecule has 8 nitrogen and oxygen atoms in total. The quantitative estimate of drug-likeness (QED) is 0.691. The first-order chi connectivity index (χ1) is 13.7. The molecule has 0 saturated carbocycles. The molecular formula is C20H34B2N4O4. The minimum Gasteiger partial charge on any atom is -0.399 e. The molecule has 2 aromatic heterocycles. The van der Waals surface area contributed by atoms with Crippen molar-refractivity contribution >= 4 is 25.3 Å². The van der Waals surface area contributed by atoms with Gasteiger partial charge in [-0.1, -0.05) is 0 Å². The number of aryl methyl sites for hydroxylation is 2. The maximum atomic E-state index is 5.91. The molecule has 0 aromatic carbocycles. The lowest BCUT2D eigenvalue weighted by Gasteiger charge is -2.32. The number of hydrogen-bond donors (Lipinski definition) is 0. The fourth-order valence-corrected chi connectivity index (χ4v) is 3.12. The maximum absolute atomic E-state index is 5.91. The van der Waals surface area contributed by atoms with Crippen LogP contribution in [-0.4, -0.2) is 56.2 Å². The molecular weight excluding hydrogens is 382 g/mol. The van der Waals surface area contributed by atoms with Gasteiger partial charge in [-0.25, -0.2) is 0 Å². The summed E-state index contributed by atoms with van der Waals surface area (Å²) in [4.78, 5) is 0. The second-order valence-electron chi connectivity index (χ2n) is 10.0. The number of nitrogens with zero attached hydrogens (tertiary/aromatic N) is 4. The third kappa shape index (κ3) is 4.23. The number of hydrogen-bond acceptors (Lipinski definition) is 6. The minimum atomic E-state index is -0.317. The van der Waals surface area contributed by atoms with Gasteiger partial charge in [0.1, 0.15) is 0 Å². The smallest absolute Gasteiger partial charge is 0.399 e. The van der Waals surface area contributed by atoms with Crippen molar-refractivity contribution in [2.45, 2.75) is 77.8 Å². The minimum absolute atomic E-state index is 0.284. The summed E-state index contributed by atoms with van der Waals surface area (Å²) in [6.45, 7) is 16.4. The van der Waals surface area contributed by atoms with Crippen LogP contribution >= 0.6 is 0 Å². The van der Waals surface area contributed by atoms with E-state index in [4.69, 9.17) is 18.6 Å². The Labute approximate surface area is 180 Å². The van der Waals surface area contributed by atoms with E-state index in [9.17, 15) is 0 Å². The average Bonchev–Trinajstić information content (AvgIpc) is 3.29. The van der Waals surface area contributed by atoms with Crippen molar-refractivity contribution < 1.29 is 18.6 Å². The predicted octanol–water partition coefficient (Wildman–Crippen LogP) is 1.44. The fourth-order valence-electron chi connectivity index (χ4n) is 3.12. The summed E-state index contributed by atoms with van der Waals surface area (Å²) in [6, 6.07) is 1.92. The van der Waals surface area contributed by atoms with Gasteiger partial charge < -0.3 is 18.6 Å². The van der Waals surface area contributed by atoms with Crippen LogP contribution in [0.1, 0.15) is 55.4 Å². The molecule has 2 aromatic rings. The Balaban J connectivity index is 0.000000171. The van der Waals surface area contributed by atoms with E-state index in [1.807, 2.05) is 81.7 Å². The first-order valence-electron chi connectivity index (χ1n) is 10.3. The zero-order valence-corrected chi connectivity index (χ0v) is 19.9. The molecule has 0 atom stereocenters. The Hall–Kier alpha value is -1.61. The average molecular weight is 416 g/mol. The van der Waals surface area contributed by atoms with Gasteiger partial charge in [-0.05, 0) is 61.5 Å². The van der Waals surface area contributed by atoms with Gasteiger partial charge in [-0.3, -0.25) is 9.36 Å². The van der Waals surface area contributed by atoms with E-state index < -0.39 is 0 Å². The molecule has 0 radical (unpaired) electrons.